The monoisotopic (exact) mass is 246 g/mol. The number of ether oxygens (including phenoxy) is 1. The molecule has 1 aromatic carbocycles. The molecule has 96 valence electrons. The predicted molar refractivity (Wildman–Crippen MR) is 68.1 cm³/mol. The molecule has 2 aliphatic rings. The van der Waals surface area contributed by atoms with E-state index >= 15 is 0 Å². The molecule has 1 aromatic rings. The smallest absolute Gasteiger partial charge is 0.410 e. The number of nitrogens with zero attached hydrogens (tertiary/aromatic N) is 1. The summed E-state index contributed by atoms with van der Waals surface area (Å²) in [6.07, 6.45) is 1.94. The number of piperidine rings is 1. The van der Waals surface area contributed by atoms with Crippen LogP contribution in [0, 0.1) is 0 Å². The fourth-order valence-electron chi connectivity index (χ4n) is 2.82. The maximum atomic E-state index is 12.0. The van der Waals surface area contributed by atoms with E-state index in [0.717, 1.165) is 31.5 Å². The fourth-order valence-corrected chi connectivity index (χ4v) is 2.82. The molecule has 2 atom stereocenters. The van der Waals surface area contributed by atoms with Gasteiger partial charge in [0.15, 0.2) is 0 Å². The molecule has 2 bridgehead atoms. The SMILES string of the molecule is O=C(OCc1ccccc1)N1C[C@H]2C[C@@H]1CCN2. The first-order chi connectivity index (χ1) is 8.83. The molecule has 0 spiro atoms. The summed E-state index contributed by atoms with van der Waals surface area (Å²) in [5, 5.41) is 3.42. The van der Waals surface area contributed by atoms with Crippen molar-refractivity contribution in [3.8, 4) is 0 Å². The van der Waals surface area contributed by atoms with E-state index in [1.165, 1.54) is 0 Å². The average molecular weight is 246 g/mol. The van der Waals surface area contributed by atoms with Gasteiger partial charge in [-0.25, -0.2) is 4.79 Å². The molecule has 1 N–H and O–H groups in total. The number of amides is 1. The van der Waals surface area contributed by atoms with E-state index in [0.29, 0.717) is 18.7 Å². The number of likely N-dealkylation sites (tertiary alicyclic amines) is 1. The first-order valence-electron chi connectivity index (χ1n) is 6.53. The third kappa shape index (κ3) is 2.34. The van der Waals surface area contributed by atoms with Crippen molar-refractivity contribution >= 4 is 6.09 Å². The zero-order chi connectivity index (χ0) is 12.4. The largest absolute Gasteiger partial charge is 0.445 e. The van der Waals surface area contributed by atoms with Crippen molar-refractivity contribution in [3.63, 3.8) is 0 Å². The second-order valence-electron chi connectivity index (χ2n) is 5.02. The zero-order valence-electron chi connectivity index (χ0n) is 10.3. The lowest BCUT2D eigenvalue weighted by Gasteiger charge is -2.23. The highest BCUT2D eigenvalue weighted by Gasteiger charge is 2.38. The Morgan fingerprint density at radius 2 is 2.22 bits per heavy atom. The van der Waals surface area contributed by atoms with E-state index in [-0.39, 0.29) is 6.09 Å². The van der Waals surface area contributed by atoms with Crippen LogP contribution in [0.5, 0.6) is 0 Å². The number of nitrogens with one attached hydrogen (secondary N) is 1. The Hall–Kier alpha value is -1.55. The van der Waals surface area contributed by atoms with Crippen LogP contribution in [0.15, 0.2) is 30.3 Å². The number of hydrogen-bond acceptors (Lipinski definition) is 3. The Labute approximate surface area is 107 Å². The minimum atomic E-state index is -0.171. The molecule has 0 unspecified atom stereocenters. The molecule has 1 amide bonds. The van der Waals surface area contributed by atoms with Gasteiger partial charge in [-0.1, -0.05) is 30.3 Å². The topological polar surface area (TPSA) is 41.6 Å². The second-order valence-corrected chi connectivity index (χ2v) is 5.02. The van der Waals surface area contributed by atoms with Gasteiger partial charge in [0.2, 0.25) is 0 Å². The van der Waals surface area contributed by atoms with Crippen molar-refractivity contribution in [2.24, 2.45) is 0 Å². The van der Waals surface area contributed by atoms with Crippen molar-refractivity contribution < 1.29 is 9.53 Å². The summed E-state index contributed by atoms with van der Waals surface area (Å²) >= 11 is 0. The summed E-state index contributed by atoms with van der Waals surface area (Å²) in [5.41, 5.74) is 1.03. The van der Waals surface area contributed by atoms with Gasteiger partial charge in [0.05, 0.1) is 0 Å². The molecule has 3 rings (SSSR count). The predicted octanol–water partition coefficient (Wildman–Crippen LogP) is 1.76. The lowest BCUT2D eigenvalue weighted by atomic mass is 10.1. The van der Waals surface area contributed by atoms with Gasteiger partial charge in [-0.05, 0) is 24.9 Å². The van der Waals surface area contributed by atoms with Crippen LogP contribution in [0.4, 0.5) is 4.79 Å². The Balaban J connectivity index is 1.56. The molecule has 4 nitrogen and oxygen atoms in total. The Morgan fingerprint density at radius 3 is 3.00 bits per heavy atom. The minimum absolute atomic E-state index is 0.171. The summed E-state index contributed by atoms with van der Waals surface area (Å²) < 4.78 is 5.38. The molecule has 0 aromatic heterocycles. The number of benzene rings is 1. The van der Waals surface area contributed by atoms with E-state index in [1.54, 1.807) is 0 Å². The van der Waals surface area contributed by atoms with Crippen LogP contribution in [0.2, 0.25) is 0 Å². The van der Waals surface area contributed by atoms with Gasteiger partial charge < -0.3 is 15.0 Å². The van der Waals surface area contributed by atoms with Crippen LogP contribution in [0.1, 0.15) is 18.4 Å². The lowest BCUT2D eigenvalue weighted by molar-refractivity contribution is 0.0920. The average Bonchev–Trinajstić information content (AvgIpc) is 2.72. The molecule has 4 heteroatoms. The molecule has 0 radical (unpaired) electrons. The number of hydrogen-bond donors (Lipinski definition) is 1. The molecular weight excluding hydrogens is 228 g/mol. The standard InChI is InChI=1S/C14H18N2O2/c17-14(18-10-11-4-2-1-3-5-11)16-9-12-8-13(16)6-7-15-12/h1-5,12-13,15H,6-10H2/t12-,13+/m1/s1. The van der Waals surface area contributed by atoms with E-state index in [2.05, 4.69) is 5.32 Å². The molecule has 18 heavy (non-hydrogen) atoms. The Kier molecular flexibility index (Phi) is 3.19. The number of fused-ring (bicyclic) bond motifs is 2. The number of carbonyl (C=O) groups excluding carboxylic acids is 1. The summed E-state index contributed by atoms with van der Waals surface area (Å²) in [4.78, 5) is 13.9. The van der Waals surface area contributed by atoms with Crippen molar-refractivity contribution in [1.82, 2.24) is 10.2 Å². The molecule has 2 fully saturated rings. The third-order valence-electron chi connectivity index (χ3n) is 3.76. The highest BCUT2D eigenvalue weighted by atomic mass is 16.6. The maximum absolute atomic E-state index is 12.0. The highest BCUT2D eigenvalue weighted by molar-refractivity contribution is 5.68. The van der Waals surface area contributed by atoms with E-state index in [1.807, 2.05) is 35.2 Å². The molecule has 0 aliphatic carbocycles. The Bertz CT molecular complexity index is 421. The van der Waals surface area contributed by atoms with Gasteiger partial charge in [-0.2, -0.15) is 0 Å². The molecule has 2 saturated heterocycles. The molecule has 2 heterocycles. The summed E-state index contributed by atoms with van der Waals surface area (Å²) in [6, 6.07) is 10.6. The van der Waals surface area contributed by atoms with Gasteiger partial charge in [0, 0.05) is 18.6 Å². The maximum Gasteiger partial charge on any atom is 0.410 e. The number of rotatable bonds is 2. The minimum Gasteiger partial charge on any atom is -0.445 e. The van der Waals surface area contributed by atoms with Crippen molar-refractivity contribution in [1.29, 1.82) is 0 Å². The van der Waals surface area contributed by atoms with E-state index in [4.69, 9.17) is 4.74 Å². The summed E-state index contributed by atoms with van der Waals surface area (Å²) in [7, 11) is 0. The van der Waals surface area contributed by atoms with Gasteiger partial charge in [-0.15, -0.1) is 0 Å². The summed E-state index contributed by atoms with van der Waals surface area (Å²) in [5.74, 6) is 0. The van der Waals surface area contributed by atoms with Gasteiger partial charge in [0.1, 0.15) is 6.61 Å². The van der Waals surface area contributed by atoms with Crippen LogP contribution in [-0.4, -0.2) is 36.2 Å². The summed E-state index contributed by atoms with van der Waals surface area (Å²) in [6.45, 7) is 2.16. The van der Waals surface area contributed by atoms with Crippen LogP contribution in [-0.2, 0) is 11.3 Å². The van der Waals surface area contributed by atoms with Crippen molar-refractivity contribution in [3.05, 3.63) is 35.9 Å². The van der Waals surface area contributed by atoms with E-state index < -0.39 is 0 Å². The molecule has 0 saturated carbocycles. The number of carbonyl (C=O) groups is 1. The zero-order valence-corrected chi connectivity index (χ0v) is 10.3. The van der Waals surface area contributed by atoms with Crippen molar-refractivity contribution in [2.45, 2.75) is 31.5 Å². The quantitative estimate of drug-likeness (QED) is 0.864. The highest BCUT2D eigenvalue weighted by Crippen LogP contribution is 2.25. The molecule has 2 aliphatic heterocycles. The van der Waals surface area contributed by atoms with Gasteiger partial charge in [-0.3, -0.25) is 0 Å². The van der Waals surface area contributed by atoms with Gasteiger partial charge in [0.25, 0.3) is 0 Å². The first-order valence-corrected chi connectivity index (χ1v) is 6.53. The van der Waals surface area contributed by atoms with Crippen LogP contribution in [0.25, 0.3) is 0 Å². The lowest BCUT2D eigenvalue weighted by Crippen LogP contribution is -2.36. The van der Waals surface area contributed by atoms with Crippen LogP contribution in [0.3, 0.4) is 0 Å². The second kappa shape index (κ2) is 4.98. The normalized spacial score (nSPS) is 26.1. The Morgan fingerprint density at radius 1 is 1.39 bits per heavy atom. The van der Waals surface area contributed by atoms with Crippen molar-refractivity contribution in [2.75, 3.05) is 13.1 Å². The fraction of sp³-hybridized carbons (Fsp3) is 0.500. The van der Waals surface area contributed by atoms with E-state index in [9.17, 15) is 4.79 Å². The van der Waals surface area contributed by atoms with Gasteiger partial charge >= 0.3 is 6.09 Å². The van der Waals surface area contributed by atoms with Crippen LogP contribution >= 0.6 is 0 Å². The third-order valence-corrected chi connectivity index (χ3v) is 3.76. The van der Waals surface area contributed by atoms with Crippen LogP contribution < -0.4 is 5.32 Å². The first kappa shape index (κ1) is 11.5. The molecular formula is C14H18N2O2.